The predicted molar refractivity (Wildman–Crippen MR) is 61.1 cm³/mol. The largest absolute Gasteiger partial charge is 0.271 e. The number of nitrogens with zero attached hydrogens (tertiary/aromatic N) is 1. The second kappa shape index (κ2) is 3.96. The summed E-state index contributed by atoms with van der Waals surface area (Å²) in [5.74, 6) is 0. The molecule has 0 aliphatic carbocycles. The lowest BCUT2D eigenvalue weighted by atomic mass is 10.1. The molecule has 1 aromatic heterocycles. The molecule has 2 aromatic rings. The van der Waals surface area contributed by atoms with E-state index < -0.39 is 0 Å². The lowest BCUT2D eigenvalue weighted by Gasteiger charge is -2.00. The molecule has 0 aliphatic heterocycles. The number of nitrogens with one attached hydrogen (secondary N) is 1. The fourth-order valence-corrected chi connectivity index (χ4v) is 1.83. The van der Waals surface area contributed by atoms with Crippen LogP contribution in [0.15, 0.2) is 35.1 Å². The normalized spacial score (nSPS) is 10.4. The zero-order valence-electron chi connectivity index (χ0n) is 7.92. The summed E-state index contributed by atoms with van der Waals surface area (Å²) in [5, 5.41) is 6.83. The van der Waals surface area contributed by atoms with E-state index in [1.54, 1.807) is 0 Å². The van der Waals surface area contributed by atoms with Gasteiger partial charge >= 0.3 is 0 Å². The first-order valence-electron chi connectivity index (χ1n) is 4.59. The Balaban J connectivity index is 2.39. The summed E-state index contributed by atoms with van der Waals surface area (Å²) in [6.07, 6.45) is 2.90. The van der Waals surface area contributed by atoms with Crippen molar-refractivity contribution in [2.45, 2.75) is 13.3 Å². The number of aromatic amines is 1. The molecule has 0 fully saturated rings. The summed E-state index contributed by atoms with van der Waals surface area (Å²) in [5.41, 5.74) is 3.64. The van der Waals surface area contributed by atoms with Gasteiger partial charge in [-0.15, -0.1) is 0 Å². The Hall–Kier alpha value is -1.09. The van der Waals surface area contributed by atoms with Crippen molar-refractivity contribution in [2.75, 3.05) is 0 Å². The fraction of sp³-hybridized carbons (Fsp3) is 0.182. The van der Waals surface area contributed by atoms with Crippen LogP contribution in [0.4, 0.5) is 0 Å². The standard InChI is InChI=1S/C11H11BrN2/c1-2-8-3-5-9(6-4-8)10-7-13-14-11(10)12/h3-7H,2H2,1H3,(H,13,14). The van der Waals surface area contributed by atoms with Gasteiger partial charge in [-0.2, -0.15) is 5.10 Å². The van der Waals surface area contributed by atoms with Gasteiger partial charge in [-0.25, -0.2) is 0 Å². The minimum atomic E-state index is 0.932. The molecular weight excluding hydrogens is 240 g/mol. The summed E-state index contributed by atoms with van der Waals surface area (Å²) < 4.78 is 0.932. The minimum Gasteiger partial charge on any atom is -0.271 e. The van der Waals surface area contributed by atoms with E-state index in [-0.39, 0.29) is 0 Å². The molecule has 0 atom stereocenters. The molecule has 0 saturated heterocycles. The topological polar surface area (TPSA) is 28.7 Å². The highest BCUT2D eigenvalue weighted by Crippen LogP contribution is 2.25. The number of hydrogen-bond acceptors (Lipinski definition) is 1. The van der Waals surface area contributed by atoms with Crippen molar-refractivity contribution in [2.24, 2.45) is 0 Å². The third-order valence-electron chi connectivity index (χ3n) is 2.27. The van der Waals surface area contributed by atoms with Crippen molar-refractivity contribution in [1.29, 1.82) is 0 Å². The average molecular weight is 251 g/mol. The third-order valence-corrected chi connectivity index (χ3v) is 2.87. The molecule has 0 saturated carbocycles. The Morgan fingerprint density at radius 1 is 1.29 bits per heavy atom. The van der Waals surface area contributed by atoms with Crippen molar-refractivity contribution < 1.29 is 0 Å². The van der Waals surface area contributed by atoms with E-state index in [1.807, 2.05) is 6.20 Å². The number of halogens is 1. The van der Waals surface area contributed by atoms with Crippen LogP contribution in [0.2, 0.25) is 0 Å². The van der Waals surface area contributed by atoms with Gasteiger partial charge in [0.05, 0.1) is 6.20 Å². The molecule has 2 nitrogen and oxygen atoms in total. The van der Waals surface area contributed by atoms with Crippen LogP contribution in [0.5, 0.6) is 0 Å². The molecule has 72 valence electrons. The van der Waals surface area contributed by atoms with Crippen molar-refractivity contribution in [3.05, 3.63) is 40.6 Å². The minimum absolute atomic E-state index is 0.932. The van der Waals surface area contributed by atoms with Gasteiger partial charge in [-0.3, -0.25) is 5.10 Å². The first-order valence-corrected chi connectivity index (χ1v) is 5.38. The van der Waals surface area contributed by atoms with Gasteiger partial charge in [-0.1, -0.05) is 31.2 Å². The highest BCUT2D eigenvalue weighted by atomic mass is 79.9. The van der Waals surface area contributed by atoms with E-state index in [0.29, 0.717) is 0 Å². The highest BCUT2D eigenvalue weighted by molar-refractivity contribution is 9.10. The van der Waals surface area contributed by atoms with Crippen molar-refractivity contribution in [3.8, 4) is 11.1 Å². The van der Waals surface area contributed by atoms with Gasteiger partial charge in [0.2, 0.25) is 0 Å². The second-order valence-corrected chi connectivity index (χ2v) is 3.94. The van der Waals surface area contributed by atoms with E-state index in [4.69, 9.17) is 0 Å². The van der Waals surface area contributed by atoms with Gasteiger partial charge in [0, 0.05) is 5.56 Å². The highest BCUT2D eigenvalue weighted by Gasteiger charge is 2.03. The molecule has 0 radical (unpaired) electrons. The molecule has 2 rings (SSSR count). The molecule has 0 amide bonds. The van der Waals surface area contributed by atoms with Gasteiger partial charge in [0.25, 0.3) is 0 Å². The number of benzene rings is 1. The lowest BCUT2D eigenvalue weighted by molar-refractivity contribution is 1.07. The van der Waals surface area contributed by atoms with E-state index >= 15 is 0 Å². The number of aromatic nitrogens is 2. The maximum absolute atomic E-state index is 3.97. The number of H-pyrrole nitrogens is 1. The molecule has 14 heavy (non-hydrogen) atoms. The van der Waals surface area contributed by atoms with Crippen LogP contribution in [0.1, 0.15) is 12.5 Å². The molecule has 1 heterocycles. The second-order valence-electron chi connectivity index (χ2n) is 3.15. The van der Waals surface area contributed by atoms with E-state index in [9.17, 15) is 0 Å². The first-order chi connectivity index (χ1) is 6.81. The van der Waals surface area contributed by atoms with E-state index in [1.165, 1.54) is 11.1 Å². The molecule has 0 spiro atoms. The van der Waals surface area contributed by atoms with Gasteiger partial charge in [0.15, 0.2) is 0 Å². The number of aryl methyl sites for hydroxylation is 1. The van der Waals surface area contributed by atoms with Crippen LogP contribution in [0.3, 0.4) is 0 Å². The Labute approximate surface area is 91.5 Å². The summed E-state index contributed by atoms with van der Waals surface area (Å²) in [4.78, 5) is 0. The monoisotopic (exact) mass is 250 g/mol. The van der Waals surface area contributed by atoms with Crippen LogP contribution in [0, 0.1) is 0 Å². The number of rotatable bonds is 2. The van der Waals surface area contributed by atoms with Gasteiger partial charge in [0.1, 0.15) is 4.60 Å². The quantitative estimate of drug-likeness (QED) is 0.870. The Morgan fingerprint density at radius 3 is 2.50 bits per heavy atom. The zero-order chi connectivity index (χ0) is 9.97. The van der Waals surface area contributed by atoms with Crippen LogP contribution in [0.25, 0.3) is 11.1 Å². The van der Waals surface area contributed by atoms with Crippen LogP contribution < -0.4 is 0 Å². The fourth-order valence-electron chi connectivity index (χ4n) is 1.39. The Bertz CT molecular complexity index is 417. The molecule has 1 N–H and O–H groups in total. The maximum Gasteiger partial charge on any atom is 0.108 e. The smallest absolute Gasteiger partial charge is 0.108 e. The van der Waals surface area contributed by atoms with Crippen molar-refractivity contribution in [3.63, 3.8) is 0 Å². The molecule has 0 bridgehead atoms. The van der Waals surface area contributed by atoms with E-state index in [2.05, 4.69) is 57.3 Å². The average Bonchev–Trinajstić information content (AvgIpc) is 2.65. The summed E-state index contributed by atoms with van der Waals surface area (Å²) in [6.45, 7) is 2.16. The van der Waals surface area contributed by atoms with Crippen LogP contribution >= 0.6 is 15.9 Å². The lowest BCUT2D eigenvalue weighted by Crippen LogP contribution is -1.80. The Kier molecular flexibility index (Phi) is 2.68. The predicted octanol–water partition coefficient (Wildman–Crippen LogP) is 3.40. The summed E-state index contributed by atoms with van der Waals surface area (Å²) in [7, 11) is 0. The van der Waals surface area contributed by atoms with Crippen LogP contribution in [-0.2, 0) is 6.42 Å². The van der Waals surface area contributed by atoms with Crippen LogP contribution in [-0.4, -0.2) is 10.2 Å². The SMILES string of the molecule is CCc1ccc(-c2cn[nH]c2Br)cc1. The van der Waals surface area contributed by atoms with E-state index in [0.717, 1.165) is 16.6 Å². The molecule has 1 aromatic carbocycles. The molecule has 0 unspecified atom stereocenters. The number of hydrogen-bond donors (Lipinski definition) is 1. The zero-order valence-corrected chi connectivity index (χ0v) is 9.51. The third kappa shape index (κ3) is 1.73. The maximum atomic E-state index is 3.97. The Morgan fingerprint density at radius 2 is 2.00 bits per heavy atom. The first kappa shape index (κ1) is 9.46. The molecular formula is C11H11BrN2. The summed E-state index contributed by atoms with van der Waals surface area (Å²) in [6, 6.07) is 8.53. The van der Waals surface area contributed by atoms with Gasteiger partial charge in [-0.05, 0) is 33.5 Å². The summed E-state index contributed by atoms with van der Waals surface area (Å²) >= 11 is 3.42. The van der Waals surface area contributed by atoms with Crippen molar-refractivity contribution >= 4 is 15.9 Å². The van der Waals surface area contributed by atoms with Gasteiger partial charge < -0.3 is 0 Å². The molecule has 0 aliphatic rings. The van der Waals surface area contributed by atoms with Crippen molar-refractivity contribution in [1.82, 2.24) is 10.2 Å². The molecule has 3 heteroatoms.